The summed E-state index contributed by atoms with van der Waals surface area (Å²) in [6.45, 7) is 13.2. The van der Waals surface area contributed by atoms with Crippen molar-refractivity contribution in [2.75, 3.05) is 13.1 Å². The molecule has 1 aliphatic heterocycles. The van der Waals surface area contributed by atoms with Crippen LogP contribution in [0.3, 0.4) is 0 Å². The molecule has 0 radical (unpaired) electrons. The van der Waals surface area contributed by atoms with Crippen molar-refractivity contribution in [1.82, 2.24) is 10.2 Å². The highest BCUT2D eigenvalue weighted by molar-refractivity contribution is 5.68. The van der Waals surface area contributed by atoms with Crippen LogP contribution in [-0.4, -0.2) is 35.7 Å². The molecule has 1 aromatic heterocycles. The lowest BCUT2D eigenvalue weighted by atomic mass is 10.1. The average Bonchev–Trinajstić information content (AvgIpc) is 2.94. The monoisotopic (exact) mass is 308 g/mol. The maximum Gasteiger partial charge on any atom is 0.410 e. The summed E-state index contributed by atoms with van der Waals surface area (Å²) in [6.07, 6.45) is 0.721. The van der Waals surface area contributed by atoms with Crippen LogP contribution < -0.4 is 5.32 Å². The molecule has 1 aliphatic rings. The molecular formula is C17H28N2O3. The number of amides is 1. The quantitative estimate of drug-likeness (QED) is 0.927. The predicted molar refractivity (Wildman–Crippen MR) is 85.9 cm³/mol. The van der Waals surface area contributed by atoms with Crippen LogP contribution in [0.5, 0.6) is 0 Å². The van der Waals surface area contributed by atoms with Gasteiger partial charge in [-0.25, -0.2) is 4.79 Å². The second kappa shape index (κ2) is 6.32. The first-order valence-electron chi connectivity index (χ1n) is 7.96. The summed E-state index contributed by atoms with van der Waals surface area (Å²) >= 11 is 0. The van der Waals surface area contributed by atoms with E-state index in [9.17, 15) is 4.79 Å². The van der Waals surface area contributed by atoms with Crippen LogP contribution in [0.15, 0.2) is 10.5 Å². The number of furan rings is 1. The van der Waals surface area contributed by atoms with E-state index in [1.807, 2.05) is 34.6 Å². The van der Waals surface area contributed by atoms with E-state index in [2.05, 4.69) is 18.3 Å². The maximum atomic E-state index is 12.1. The van der Waals surface area contributed by atoms with Gasteiger partial charge >= 0.3 is 6.09 Å². The van der Waals surface area contributed by atoms with Crippen LogP contribution in [0.25, 0.3) is 0 Å². The van der Waals surface area contributed by atoms with E-state index < -0.39 is 5.60 Å². The molecule has 0 aromatic carbocycles. The Bertz CT molecular complexity index is 530. The zero-order valence-corrected chi connectivity index (χ0v) is 14.5. The molecule has 0 aliphatic carbocycles. The molecule has 2 rings (SSSR count). The Labute approximate surface area is 133 Å². The number of carbonyl (C=O) groups is 1. The Morgan fingerprint density at radius 3 is 2.68 bits per heavy atom. The van der Waals surface area contributed by atoms with Crippen LogP contribution in [0.4, 0.5) is 4.79 Å². The maximum absolute atomic E-state index is 12.1. The lowest BCUT2D eigenvalue weighted by Gasteiger charge is -2.25. The van der Waals surface area contributed by atoms with Gasteiger partial charge in [0.15, 0.2) is 0 Å². The van der Waals surface area contributed by atoms with Crippen LogP contribution in [-0.2, 0) is 4.74 Å². The van der Waals surface area contributed by atoms with Crippen LogP contribution in [0, 0.1) is 13.8 Å². The van der Waals surface area contributed by atoms with Gasteiger partial charge in [-0.1, -0.05) is 0 Å². The minimum atomic E-state index is -0.443. The molecule has 1 N–H and O–H groups in total. The third kappa shape index (κ3) is 4.26. The third-order valence-electron chi connectivity index (χ3n) is 3.87. The molecule has 22 heavy (non-hydrogen) atoms. The first-order valence-corrected chi connectivity index (χ1v) is 7.96. The normalized spacial score (nSPS) is 20.3. The van der Waals surface area contributed by atoms with E-state index in [4.69, 9.17) is 9.15 Å². The minimum Gasteiger partial charge on any atom is -0.466 e. The zero-order chi connectivity index (χ0) is 16.5. The summed E-state index contributed by atoms with van der Waals surface area (Å²) in [5.74, 6) is 1.89. The molecule has 124 valence electrons. The number of hydrogen-bond acceptors (Lipinski definition) is 4. The van der Waals surface area contributed by atoms with Gasteiger partial charge in [0.05, 0.1) is 0 Å². The number of ether oxygens (including phenoxy) is 1. The molecule has 1 aromatic rings. The van der Waals surface area contributed by atoms with Gasteiger partial charge in [-0.2, -0.15) is 0 Å². The lowest BCUT2D eigenvalue weighted by molar-refractivity contribution is 0.0290. The van der Waals surface area contributed by atoms with E-state index in [-0.39, 0.29) is 18.2 Å². The van der Waals surface area contributed by atoms with E-state index in [0.717, 1.165) is 24.5 Å². The van der Waals surface area contributed by atoms with Crippen molar-refractivity contribution < 1.29 is 13.9 Å². The fourth-order valence-electron chi connectivity index (χ4n) is 2.91. The van der Waals surface area contributed by atoms with E-state index in [0.29, 0.717) is 6.54 Å². The minimum absolute atomic E-state index is 0.209. The molecule has 0 spiro atoms. The largest absolute Gasteiger partial charge is 0.466 e. The summed E-state index contributed by atoms with van der Waals surface area (Å²) in [6, 6.07) is 2.58. The number of aryl methyl sites for hydroxylation is 2. The summed E-state index contributed by atoms with van der Waals surface area (Å²) in [5.41, 5.74) is 0.745. The van der Waals surface area contributed by atoms with Gasteiger partial charge in [0, 0.05) is 30.7 Å². The van der Waals surface area contributed by atoms with Crippen molar-refractivity contribution >= 4 is 6.09 Å². The van der Waals surface area contributed by atoms with Crippen LogP contribution in [0.2, 0.25) is 0 Å². The number of carbonyl (C=O) groups excluding carboxylic acids is 1. The van der Waals surface area contributed by atoms with Crippen molar-refractivity contribution in [1.29, 1.82) is 0 Å². The molecule has 1 amide bonds. The third-order valence-corrected chi connectivity index (χ3v) is 3.87. The number of hydrogen-bond donors (Lipinski definition) is 1. The van der Waals surface area contributed by atoms with Gasteiger partial charge in [0.1, 0.15) is 17.1 Å². The molecule has 1 saturated heterocycles. The standard InChI is InChI=1S/C17H28N2O3/c1-11-9-15(13(3)21-11)12(2)18-14-7-8-19(10-14)16(20)22-17(4,5)6/h9,12,14,18H,7-8,10H2,1-6H3. The van der Waals surface area contributed by atoms with Gasteiger partial charge in [-0.15, -0.1) is 0 Å². The molecule has 0 saturated carbocycles. The highest BCUT2D eigenvalue weighted by Gasteiger charge is 2.30. The first-order chi connectivity index (χ1) is 10.2. The topological polar surface area (TPSA) is 54.7 Å². The highest BCUT2D eigenvalue weighted by atomic mass is 16.6. The van der Waals surface area contributed by atoms with Gasteiger partial charge in [-0.3, -0.25) is 0 Å². The Balaban J connectivity index is 1.88. The Hall–Kier alpha value is -1.49. The van der Waals surface area contributed by atoms with E-state index in [1.54, 1.807) is 4.90 Å². The van der Waals surface area contributed by atoms with Crippen molar-refractivity contribution in [2.45, 2.75) is 65.6 Å². The number of nitrogens with one attached hydrogen (secondary N) is 1. The van der Waals surface area contributed by atoms with Gasteiger partial charge in [0.25, 0.3) is 0 Å². The first kappa shape index (κ1) is 16.9. The molecule has 1 fully saturated rings. The number of likely N-dealkylation sites (tertiary alicyclic amines) is 1. The van der Waals surface area contributed by atoms with E-state index >= 15 is 0 Å². The van der Waals surface area contributed by atoms with Crippen molar-refractivity contribution in [2.24, 2.45) is 0 Å². The summed E-state index contributed by atoms with van der Waals surface area (Å²) in [4.78, 5) is 13.9. The molecule has 2 unspecified atom stereocenters. The van der Waals surface area contributed by atoms with Crippen LogP contribution >= 0.6 is 0 Å². The highest BCUT2D eigenvalue weighted by Crippen LogP contribution is 2.23. The smallest absolute Gasteiger partial charge is 0.410 e. The summed E-state index contributed by atoms with van der Waals surface area (Å²) in [7, 11) is 0. The van der Waals surface area contributed by atoms with Gasteiger partial charge in [0.2, 0.25) is 0 Å². The Morgan fingerprint density at radius 2 is 2.14 bits per heavy atom. The SMILES string of the molecule is Cc1cc(C(C)NC2CCN(C(=O)OC(C)(C)C)C2)c(C)o1. The van der Waals surface area contributed by atoms with Crippen molar-refractivity contribution in [3.8, 4) is 0 Å². The fourth-order valence-corrected chi connectivity index (χ4v) is 2.91. The molecule has 5 heteroatoms. The number of nitrogens with zero attached hydrogens (tertiary/aromatic N) is 1. The van der Waals surface area contributed by atoms with Crippen molar-refractivity contribution in [3.05, 3.63) is 23.2 Å². The Kier molecular flexibility index (Phi) is 4.85. The Morgan fingerprint density at radius 1 is 1.45 bits per heavy atom. The molecule has 5 nitrogen and oxygen atoms in total. The van der Waals surface area contributed by atoms with Crippen LogP contribution in [0.1, 0.15) is 57.2 Å². The number of rotatable bonds is 3. The van der Waals surface area contributed by atoms with E-state index in [1.165, 1.54) is 5.56 Å². The zero-order valence-electron chi connectivity index (χ0n) is 14.5. The average molecular weight is 308 g/mol. The van der Waals surface area contributed by atoms with Crippen molar-refractivity contribution in [3.63, 3.8) is 0 Å². The molecule has 2 atom stereocenters. The van der Waals surface area contributed by atoms with Gasteiger partial charge < -0.3 is 19.4 Å². The molecule has 0 bridgehead atoms. The second-order valence-electron chi connectivity index (χ2n) is 7.17. The second-order valence-corrected chi connectivity index (χ2v) is 7.17. The predicted octanol–water partition coefficient (Wildman–Crippen LogP) is 3.56. The molecule has 2 heterocycles. The lowest BCUT2D eigenvalue weighted by Crippen LogP contribution is -2.39. The fraction of sp³-hybridized carbons (Fsp3) is 0.706. The molecular weight excluding hydrogens is 280 g/mol. The summed E-state index contributed by atoms with van der Waals surface area (Å²) in [5, 5.41) is 3.59. The summed E-state index contributed by atoms with van der Waals surface area (Å²) < 4.78 is 11.0. The van der Waals surface area contributed by atoms with Gasteiger partial charge in [-0.05, 0) is 54.0 Å².